The number of aliphatic carboxylic acids is 1. The smallest absolute Gasteiger partial charge is 0.548 e. The monoisotopic (exact) mass is 393 g/mol. The Bertz CT molecular complexity index is 694. The van der Waals surface area contributed by atoms with E-state index in [9.17, 15) is 14.7 Å². The maximum Gasteiger partial charge on any atom is 1.00 e. The number of benzene rings is 2. The van der Waals surface area contributed by atoms with Gasteiger partial charge in [0.1, 0.15) is 0 Å². The average molecular weight is 394 g/mol. The van der Waals surface area contributed by atoms with Gasteiger partial charge in [0.2, 0.25) is 5.91 Å². The van der Waals surface area contributed by atoms with Crippen molar-refractivity contribution in [1.29, 1.82) is 0 Å². The molecule has 0 bridgehead atoms. The molecule has 2 rings (SSSR count). The van der Waals surface area contributed by atoms with Gasteiger partial charge in [-0.2, -0.15) is 0 Å². The van der Waals surface area contributed by atoms with Gasteiger partial charge in [-0.25, -0.2) is 0 Å². The first-order valence-corrected chi connectivity index (χ1v) is 8.80. The summed E-state index contributed by atoms with van der Waals surface area (Å²) in [6.45, 7) is -0.327. The van der Waals surface area contributed by atoms with Crippen molar-refractivity contribution in [3.05, 3.63) is 71.8 Å². The first-order valence-electron chi connectivity index (χ1n) is 8.80. The van der Waals surface area contributed by atoms with E-state index in [4.69, 9.17) is 5.11 Å². The molecule has 0 aliphatic carbocycles. The minimum atomic E-state index is -1.38. The van der Waals surface area contributed by atoms with Crippen LogP contribution in [-0.4, -0.2) is 29.6 Å². The summed E-state index contributed by atoms with van der Waals surface area (Å²) in [6, 6.07) is 18.3. The van der Waals surface area contributed by atoms with Crippen molar-refractivity contribution in [2.75, 3.05) is 6.61 Å². The van der Waals surface area contributed by atoms with Crippen molar-refractivity contribution in [2.24, 2.45) is 5.92 Å². The fraction of sp³-hybridized carbons (Fsp3) is 0.333. The summed E-state index contributed by atoms with van der Waals surface area (Å²) < 4.78 is 0. The Kier molecular flexibility index (Phi) is 11.7. The second-order valence-corrected chi connectivity index (χ2v) is 6.30. The van der Waals surface area contributed by atoms with Gasteiger partial charge in [0.05, 0.1) is 12.0 Å². The van der Waals surface area contributed by atoms with Crippen LogP contribution in [0.2, 0.25) is 0 Å². The SMILES string of the molecule is O=C(N[C@@H](CCO)C(=O)[O-])C(CCc1ccccc1)Cc1ccccc1.[K+]. The van der Waals surface area contributed by atoms with Crippen LogP contribution in [0.3, 0.4) is 0 Å². The molecule has 6 heteroatoms. The second-order valence-electron chi connectivity index (χ2n) is 6.30. The normalized spacial score (nSPS) is 12.5. The molecule has 0 spiro atoms. The quantitative estimate of drug-likeness (QED) is 0.462. The number of aliphatic hydroxyl groups excluding tert-OH is 1. The first kappa shape index (κ1) is 24.0. The number of carbonyl (C=O) groups excluding carboxylic acids is 2. The zero-order valence-electron chi connectivity index (χ0n) is 15.6. The number of hydrogen-bond donors (Lipinski definition) is 2. The van der Waals surface area contributed by atoms with E-state index >= 15 is 0 Å². The zero-order chi connectivity index (χ0) is 18.8. The minimum absolute atomic E-state index is 0. The molecule has 1 amide bonds. The molecule has 0 heterocycles. The number of hydrogen-bond acceptors (Lipinski definition) is 4. The molecule has 0 aliphatic rings. The molecule has 5 nitrogen and oxygen atoms in total. The van der Waals surface area contributed by atoms with E-state index < -0.39 is 12.0 Å². The summed E-state index contributed by atoms with van der Waals surface area (Å²) in [5.41, 5.74) is 2.15. The number of amides is 1. The molecular formula is C21H24KNO4. The molecule has 0 saturated heterocycles. The molecule has 2 aromatic carbocycles. The van der Waals surface area contributed by atoms with Crippen molar-refractivity contribution in [3.63, 3.8) is 0 Å². The molecule has 0 fully saturated rings. The number of rotatable bonds is 10. The molecule has 0 saturated carbocycles. The molecule has 138 valence electrons. The van der Waals surface area contributed by atoms with Gasteiger partial charge in [-0.05, 0) is 36.8 Å². The van der Waals surface area contributed by atoms with E-state index in [2.05, 4.69) is 5.32 Å². The third-order valence-corrected chi connectivity index (χ3v) is 4.34. The molecule has 0 aromatic heterocycles. The van der Waals surface area contributed by atoms with E-state index in [1.807, 2.05) is 60.7 Å². The maximum atomic E-state index is 12.7. The van der Waals surface area contributed by atoms with Gasteiger partial charge in [0, 0.05) is 12.5 Å². The van der Waals surface area contributed by atoms with Gasteiger partial charge >= 0.3 is 51.4 Å². The van der Waals surface area contributed by atoms with E-state index in [1.54, 1.807) is 0 Å². The second kappa shape index (κ2) is 13.2. The van der Waals surface area contributed by atoms with Gasteiger partial charge in [-0.3, -0.25) is 4.79 Å². The number of nitrogens with one attached hydrogen (secondary N) is 1. The van der Waals surface area contributed by atoms with Crippen LogP contribution in [0, 0.1) is 5.92 Å². The van der Waals surface area contributed by atoms with Crippen molar-refractivity contribution in [1.82, 2.24) is 5.32 Å². The molecule has 1 unspecified atom stereocenters. The summed E-state index contributed by atoms with van der Waals surface area (Å²) in [6.07, 6.45) is 1.79. The summed E-state index contributed by atoms with van der Waals surface area (Å²) in [4.78, 5) is 23.8. The molecular weight excluding hydrogens is 369 g/mol. The number of aryl methyl sites for hydroxylation is 1. The van der Waals surface area contributed by atoms with Crippen LogP contribution >= 0.6 is 0 Å². The largest absolute Gasteiger partial charge is 1.00 e. The van der Waals surface area contributed by atoms with E-state index in [1.165, 1.54) is 0 Å². The third-order valence-electron chi connectivity index (χ3n) is 4.34. The Morgan fingerprint density at radius 1 is 0.926 bits per heavy atom. The number of carboxylic acid groups (broad SMARTS) is 1. The van der Waals surface area contributed by atoms with Gasteiger partial charge in [0.25, 0.3) is 0 Å². The summed E-state index contributed by atoms with van der Waals surface area (Å²) in [5, 5.41) is 22.6. The van der Waals surface area contributed by atoms with Crippen molar-refractivity contribution < 1.29 is 71.2 Å². The predicted molar refractivity (Wildman–Crippen MR) is 97.0 cm³/mol. The van der Waals surface area contributed by atoms with Gasteiger partial charge < -0.3 is 20.3 Å². The molecule has 2 aromatic rings. The van der Waals surface area contributed by atoms with Crippen LogP contribution in [-0.2, 0) is 22.4 Å². The molecule has 0 aliphatic heterocycles. The van der Waals surface area contributed by atoms with Gasteiger partial charge in [-0.1, -0.05) is 60.7 Å². The summed E-state index contributed by atoms with van der Waals surface area (Å²) in [7, 11) is 0. The molecule has 2 N–H and O–H groups in total. The summed E-state index contributed by atoms with van der Waals surface area (Å²) >= 11 is 0. The molecule has 27 heavy (non-hydrogen) atoms. The van der Waals surface area contributed by atoms with Crippen LogP contribution in [0.15, 0.2) is 60.7 Å². The van der Waals surface area contributed by atoms with Gasteiger partial charge in [0.15, 0.2) is 0 Å². The Hall–Kier alpha value is -1.02. The topological polar surface area (TPSA) is 89.5 Å². The predicted octanol–water partition coefficient (Wildman–Crippen LogP) is -1.90. The van der Waals surface area contributed by atoms with Crippen LogP contribution in [0.5, 0.6) is 0 Å². The van der Waals surface area contributed by atoms with Crippen LogP contribution in [0.4, 0.5) is 0 Å². The Labute approximate surface area is 202 Å². The molecule has 0 radical (unpaired) electrons. The maximum absolute atomic E-state index is 12.7. The number of aliphatic hydroxyl groups is 1. The fourth-order valence-corrected chi connectivity index (χ4v) is 2.88. The fourth-order valence-electron chi connectivity index (χ4n) is 2.88. The first-order chi connectivity index (χ1) is 12.6. The third kappa shape index (κ3) is 8.68. The van der Waals surface area contributed by atoms with Crippen LogP contribution < -0.4 is 61.8 Å². The minimum Gasteiger partial charge on any atom is -0.548 e. The molecule has 2 atom stereocenters. The van der Waals surface area contributed by atoms with Crippen LogP contribution in [0.1, 0.15) is 24.0 Å². The van der Waals surface area contributed by atoms with E-state index in [-0.39, 0.29) is 76.2 Å². The van der Waals surface area contributed by atoms with E-state index in [0.717, 1.165) is 17.5 Å². The standard InChI is InChI=1S/C21H25NO4.K/c23-14-13-19(21(25)26)22-20(24)18(15-17-9-5-2-6-10-17)12-11-16-7-3-1-4-8-16;/h1-10,18-19,23H,11-15H2,(H,22,24)(H,25,26);/q;+1/p-1/t18?,19-;/m0./s1. The van der Waals surface area contributed by atoms with Crippen molar-refractivity contribution in [3.8, 4) is 0 Å². The number of carboxylic acids is 1. The Morgan fingerprint density at radius 3 is 2.00 bits per heavy atom. The average Bonchev–Trinajstić information content (AvgIpc) is 2.66. The van der Waals surface area contributed by atoms with Crippen LogP contribution in [0.25, 0.3) is 0 Å². The Balaban J connectivity index is 0.00000364. The Morgan fingerprint density at radius 2 is 1.48 bits per heavy atom. The zero-order valence-corrected chi connectivity index (χ0v) is 18.8. The van der Waals surface area contributed by atoms with E-state index in [0.29, 0.717) is 12.8 Å². The van der Waals surface area contributed by atoms with Crippen molar-refractivity contribution >= 4 is 11.9 Å². The summed E-state index contributed by atoms with van der Waals surface area (Å²) in [5.74, 6) is -2.07. The van der Waals surface area contributed by atoms with Crippen molar-refractivity contribution in [2.45, 2.75) is 31.7 Å². The number of carbonyl (C=O) groups is 2. The van der Waals surface area contributed by atoms with Gasteiger partial charge in [-0.15, -0.1) is 0 Å².